The zero-order chi connectivity index (χ0) is 8.39. The van der Waals surface area contributed by atoms with Crippen molar-refractivity contribution in [3.63, 3.8) is 0 Å². The van der Waals surface area contributed by atoms with Crippen LogP contribution in [-0.2, 0) is 4.74 Å². The maximum Gasteiger partial charge on any atom is 0.0623 e. The third-order valence-corrected chi connectivity index (χ3v) is 3.00. The molecule has 0 aromatic rings. The van der Waals surface area contributed by atoms with Crippen LogP contribution in [0.3, 0.4) is 0 Å². The predicted octanol–water partition coefficient (Wildman–Crippen LogP) is 0.136. The fourth-order valence-corrected chi connectivity index (χ4v) is 2.30. The van der Waals surface area contributed by atoms with Crippen molar-refractivity contribution in [3.05, 3.63) is 0 Å². The molecule has 1 saturated heterocycles. The summed E-state index contributed by atoms with van der Waals surface area (Å²) >= 11 is 0. The lowest BCUT2D eigenvalue weighted by atomic mass is 9.96. The Morgan fingerprint density at radius 1 is 1.33 bits per heavy atom. The highest BCUT2D eigenvalue weighted by Gasteiger charge is 2.33. The molecule has 2 fully saturated rings. The molecule has 70 valence electrons. The van der Waals surface area contributed by atoms with E-state index in [9.17, 15) is 5.11 Å². The van der Waals surface area contributed by atoms with E-state index in [1.807, 2.05) is 0 Å². The zero-order valence-electron chi connectivity index (χ0n) is 7.33. The van der Waals surface area contributed by atoms with Gasteiger partial charge in [0, 0.05) is 18.5 Å². The second-order valence-corrected chi connectivity index (χ2v) is 3.80. The molecule has 2 aliphatic rings. The molecule has 1 saturated carbocycles. The fourth-order valence-electron chi connectivity index (χ4n) is 2.30. The van der Waals surface area contributed by atoms with Crippen LogP contribution >= 0.6 is 0 Å². The van der Waals surface area contributed by atoms with Crippen molar-refractivity contribution < 1.29 is 9.84 Å². The first-order chi connectivity index (χ1) is 5.88. The Balaban J connectivity index is 1.89. The van der Waals surface area contributed by atoms with Gasteiger partial charge in [-0.15, -0.1) is 0 Å². The Morgan fingerprint density at radius 3 is 2.83 bits per heavy atom. The Kier molecular flexibility index (Phi) is 2.63. The van der Waals surface area contributed by atoms with Crippen molar-refractivity contribution >= 4 is 0 Å². The van der Waals surface area contributed by atoms with Crippen molar-refractivity contribution in [1.82, 2.24) is 5.32 Å². The Morgan fingerprint density at radius 2 is 2.25 bits per heavy atom. The number of rotatable bonds is 1. The number of ether oxygens (including phenoxy) is 1. The largest absolute Gasteiger partial charge is 0.393 e. The van der Waals surface area contributed by atoms with Crippen LogP contribution in [0.15, 0.2) is 0 Å². The lowest BCUT2D eigenvalue weighted by Gasteiger charge is -2.30. The Labute approximate surface area is 73.1 Å². The van der Waals surface area contributed by atoms with Gasteiger partial charge in [-0.2, -0.15) is 0 Å². The van der Waals surface area contributed by atoms with Gasteiger partial charge >= 0.3 is 0 Å². The van der Waals surface area contributed by atoms with Crippen LogP contribution in [0.1, 0.15) is 19.3 Å². The number of aliphatic hydroxyl groups excluding tert-OH is 1. The molecule has 3 nitrogen and oxygen atoms in total. The van der Waals surface area contributed by atoms with Crippen LogP contribution in [-0.4, -0.2) is 37.0 Å². The maximum absolute atomic E-state index is 9.65. The molecular formula is C9H17NO2. The SMILES string of the molecule is O[C@@H]1CCC[C@H]1[C@@H]1COCCN1. The number of hydrogen-bond donors (Lipinski definition) is 2. The summed E-state index contributed by atoms with van der Waals surface area (Å²) in [7, 11) is 0. The van der Waals surface area contributed by atoms with E-state index in [-0.39, 0.29) is 6.10 Å². The van der Waals surface area contributed by atoms with Crippen LogP contribution in [0, 0.1) is 5.92 Å². The molecule has 0 aromatic carbocycles. The quantitative estimate of drug-likeness (QED) is 0.589. The van der Waals surface area contributed by atoms with E-state index in [1.165, 1.54) is 6.42 Å². The number of nitrogens with one attached hydrogen (secondary N) is 1. The molecule has 1 heterocycles. The second kappa shape index (κ2) is 3.73. The third kappa shape index (κ3) is 1.63. The molecule has 0 unspecified atom stereocenters. The van der Waals surface area contributed by atoms with Gasteiger partial charge in [0.2, 0.25) is 0 Å². The standard InChI is InChI=1S/C9H17NO2/c11-9-3-1-2-7(9)8-6-12-5-4-10-8/h7-11H,1-6H2/t7-,8-,9+/m0/s1. The Hall–Kier alpha value is -0.120. The van der Waals surface area contributed by atoms with Crippen LogP contribution in [0.2, 0.25) is 0 Å². The van der Waals surface area contributed by atoms with Gasteiger partial charge in [-0.05, 0) is 12.8 Å². The average molecular weight is 171 g/mol. The molecular weight excluding hydrogens is 154 g/mol. The lowest BCUT2D eigenvalue weighted by Crippen LogP contribution is -2.48. The summed E-state index contributed by atoms with van der Waals surface area (Å²) in [6.45, 7) is 2.54. The van der Waals surface area contributed by atoms with E-state index < -0.39 is 0 Å². The predicted molar refractivity (Wildman–Crippen MR) is 46.0 cm³/mol. The highest BCUT2D eigenvalue weighted by atomic mass is 16.5. The molecule has 3 atom stereocenters. The summed E-state index contributed by atoms with van der Waals surface area (Å²) in [6.07, 6.45) is 3.21. The molecule has 0 amide bonds. The van der Waals surface area contributed by atoms with Gasteiger partial charge in [0.05, 0.1) is 19.3 Å². The molecule has 0 aromatic heterocycles. The summed E-state index contributed by atoms with van der Waals surface area (Å²) < 4.78 is 5.37. The minimum atomic E-state index is -0.0933. The van der Waals surface area contributed by atoms with E-state index >= 15 is 0 Å². The van der Waals surface area contributed by atoms with Gasteiger partial charge in [-0.3, -0.25) is 0 Å². The summed E-state index contributed by atoms with van der Waals surface area (Å²) in [6, 6.07) is 0.399. The smallest absolute Gasteiger partial charge is 0.0623 e. The van der Waals surface area contributed by atoms with E-state index in [1.54, 1.807) is 0 Å². The monoisotopic (exact) mass is 171 g/mol. The normalized spacial score (nSPS) is 43.2. The van der Waals surface area contributed by atoms with Crippen LogP contribution in [0.4, 0.5) is 0 Å². The molecule has 1 aliphatic heterocycles. The first kappa shape index (κ1) is 8.48. The first-order valence-corrected chi connectivity index (χ1v) is 4.87. The summed E-state index contributed by atoms with van der Waals surface area (Å²) in [5.74, 6) is 0.435. The van der Waals surface area contributed by atoms with E-state index in [0.717, 1.165) is 32.6 Å². The van der Waals surface area contributed by atoms with Gasteiger partial charge in [0.25, 0.3) is 0 Å². The molecule has 0 bridgehead atoms. The summed E-state index contributed by atoms with van der Waals surface area (Å²) in [5.41, 5.74) is 0. The summed E-state index contributed by atoms with van der Waals surface area (Å²) in [4.78, 5) is 0. The van der Waals surface area contributed by atoms with E-state index in [0.29, 0.717) is 12.0 Å². The number of aliphatic hydroxyl groups is 1. The first-order valence-electron chi connectivity index (χ1n) is 4.87. The molecule has 2 rings (SSSR count). The van der Waals surface area contributed by atoms with Crippen molar-refractivity contribution in [2.75, 3.05) is 19.8 Å². The van der Waals surface area contributed by atoms with Gasteiger partial charge in [0.1, 0.15) is 0 Å². The van der Waals surface area contributed by atoms with Crippen molar-refractivity contribution in [2.45, 2.75) is 31.4 Å². The third-order valence-electron chi connectivity index (χ3n) is 3.00. The van der Waals surface area contributed by atoms with E-state index in [4.69, 9.17) is 4.74 Å². The van der Waals surface area contributed by atoms with E-state index in [2.05, 4.69) is 5.32 Å². The minimum Gasteiger partial charge on any atom is -0.393 e. The van der Waals surface area contributed by atoms with Crippen LogP contribution in [0.25, 0.3) is 0 Å². The maximum atomic E-state index is 9.65. The van der Waals surface area contributed by atoms with Gasteiger partial charge in [-0.1, -0.05) is 6.42 Å². The second-order valence-electron chi connectivity index (χ2n) is 3.80. The molecule has 2 N–H and O–H groups in total. The molecule has 0 radical (unpaired) electrons. The number of morpholine rings is 1. The fraction of sp³-hybridized carbons (Fsp3) is 1.00. The topological polar surface area (TPSA) is 41.5 Å². The minimum absolute atomic E-state index is 0.0933. The Bertz CT molecular complexity index is 145. The highest BCUT2D eigenvalue weighted by molar-refractivity contribution is 4.87. The van der Waals surface area contributed by atoms with Gasteiger partial charge in [-0.25, -0.2) is 0 Å². The van der Waals surface area contributed by atoms with Crippen molar-refractivity contribution in [2.24, 2.45) is 5.92 Å². The molecule has 3 heteroatoms. The lowest BCUT2D eigenvalue weighted by molar-refractivity contribution is 0.0254. The van der Waals surface area contributed by atoms with Crippen molar-refractivity contribution in [3.8, 4) is 0 Å². The highest BCUT2D eigenvalue weighted by Crippen LogP contribution is 2.28. The van der Waals surface area contributed by atoms with Gasteiger partial charge < -0.3 is 15.2 Å². The molecule has 1 aliphatic carbocycles. The molecule has 0 spiro atoms. The summed E-state index contributed by atoms with van der Waals surface area (Å²) in [5, 5.41) is 13.1. The average Bonchev–Trinajstić information content (AvgIpc) is 2.53. The van der Waals surface area contributed by atoms with Crippen LogP contribution < -0.4 is 5.32 Å². The van der Waals surface area contributed by atoms with Crippen LogP contribution in [0.5, 0.6) is 0 Å². The van der Waals surface area contributed by atoms with Crippen molar-refractivity contribution in [1.29, 1.82) is 0 Å². The molecule has 12 heavy (non-hydrogen) atoms. The van der Waals surface area contributed by atoms with Gasteiger partial charge in [0.15, 0.2) is 0 Å². The number of hydrogen-bond acceptors (Lipinski definition) is 3. The zero-order valence-corrected chi connectivity index (χ0v) is 7.33.